The maximum atomic E-state index is 10.8. The van der Waals surface area contributed by atoms with Crippen molar-refractivity contribution >= 4 is 10.3 Å². The number of rotatable bonds is 4. The van der Waals surface area contributed by atoms with Gasteiger partial charge in [-0.05, 0) is 68.1 Å². The van der Waals surface area contributed by atoms with Crippen LogP contribution in [-0.2, 0) is 14.5 Å². The molecule has 2 N–H and O–H groups in total. The average Bonchev–Trinajstić information content (AvgIpc) is 2.11. The van der Waals surface area contributed by atoms with E-state index in [2.05, 4.69) is 0 Å². The first-order chi connectivity index (χ1) is 7.94. The fourth-order valence-electron chi connectivity index (χ4n) is 4.97. The predicted octanol–water partition coefficient (Wildman–Crippen LogP) is 1.81. The molecule has 4 aliphatic carbocycles. The lowest BCUT2D eigenvalue weighted by Gasteiger charge is -2.57. The third-order valence-corrected chi connectivity index (χ3v) is 5.54. The molecule has 0 atom stereocenters. The maximum absolute atomic E-state index is 10.8. The Kier molecular flexibility index (Phi) is 2.76. The van der Waals surface area contributed by atoms with Crippen LogP contribution in [0.5, 0.6) is 0 Å². The largest absolute Gasteiger partial charge is 0.333 e. The lowest BCUT2D eigenvalue weighted by atomic mass is 9.49. The Morgan fingerprint density at radius 2 is 1.53 bits per heavy atom. The van der Waals surface area contributed by atoms with Crippen LogP contribution in [0.4, 0.5) is 0 Å². The lowest BCUT2D eigenvalue weighted by Crippen LogP contribution is -2.46. The van der Waals surface area contributed by atoms with Crippen molar-refractivity contribution in [2.24, 2.45) is 28.3 Å². The first kappa shape index (κ1) is 11.9. The second kappa shape index (κ2) is 3.93. The van der Waals surface area contributed by atoms with Crippen molar-refractivity contribution in [2.45, 2.75) is 44.9 Å². The van der Waals surface area contributed by atoms with Crippen molar-refractivity contribution in [3.05, 3.63) is 0 Å². The summed E-state index contributed by atoms with van der Waals surface area (Å²) >= 11 is 0. The Bertz CT molecular complexity index is 369. The van der Waals surface area contributed by atoms with E-state index in [1.54, 1.807) is 0 Å². The Morgan fingerprint density at radius 3 is 1.94 bits per heavy atom. The van der Waals surface area contributed by atoms with Gasteiger partial charge in [0.2, 0.25) is 0 Å². The third-order valence-electron chi connectivity index (χ3n) is 5.05. The topological polar surface area (TPSA) is 69.4 Å². The zero-order valence-corrected chi connectivity index (χ0v) is 10.9. The van der Waals surface area contributed by atoms with Gasteiger partial charge in [0.25, 0.3) is 0 Å². The Balaban J connectivity index is 1.62. The maximum Gasteiger partial charge on any atom is 0.333 e. The van der Waals surface area contributed by atoms with Crippen LogP contribution in [-0.4, -0.2) is 15.0 Å². The van der Waals surface area contributed by atoms with Crippen LogP contribution in [0.1, 0.15) is 44.9 Å². The minimum absolute atomic E-state index is 0.269. The lowest BCUT2D eigenvalue weighted by molar-refractivity contribution is -0.0619. The molecule has 17 heavy (non-hydrogen) atoms. The monoisotopic (exact) mass is 259 g/mol. The Morgan fingerprint density at radius 1 is 1.06 bits per heavy atom. The van der Waals surface area contributed by atoms with Crippen LogP contribution < -0.4 is 5.14 Å². The average molecular weight is 259 g/mol. The summed E-state index contributed by atoms with van der Waals surface area (Å²) in [6.07, 6.45) is 8.96. The molecule has 4 nitrogen and oxygen atoms in total. The zero-order valence-electron chi connectivity index (χ0n) is 10.1. The fraction of sp³-hybridized carbons (Fsp3) is 1.00. The molecule has 4 aliphatic rings. The molecule has 5 heteroatoms. The van der Waals surface area contributed by atoms with E-state index in [0.717, 1.165) is 24.2 Å². The predicted molar refractivity (Wildman–Crippen MR) is 64.3 cm³/mol. The van der Waals surface area contributed by atoms with Gasteiger partial charge in [0.1, 0.15) is 0 Å². The normalized spacial score (nSPS) is 44.2. The molecule has 0 radical (unpaired) electrons. The van der Waals surface area contributed by atoms with Gasteiger partial charge in [-0.3, -0.25) is 4.18 Å². The highest BCUT2D eigenvalue weighted by Gasteiger charge is 2.50. The van der Waals surface area contributed by atoms with Gasteiger partial charge in [-0.2, -0.15) is 8.42 Å². The van der Waals surface area contributed by atoms with E-state index in [-0.39, 0.29) is 6.61 Å². The van der Waals surface area contributed by atoms with Crippen molar-refractivity contribution < 1.29 is 12.6 Å². The fourth-order valence-corrected chi connectivity index (χ4v) is 5.29. The summed E-state index contributed by atoms with van der Waals surface area (Å²) in [5.74, 6) is 2.70. The highest BCUT2D eigenvalue weighted by Crippen LogP contribution is 2.61. The minimum atomic E-state index is -3.76. The molecule has 0 spiro atoms. The van der Waals surface area contributed by atoms with Crippen LogP contribution in [0.25, 0.3) is 0 Å². The smallest absolute Gasteiger partial charge is 0.258 e. The van der Waals surface area contributed by atoms with Gasteiger partial charge >= 0.3 is 10.3 Å². The number of hydrogen-bond acceptors (Lipinski definition) is 3. The molecule has 0 aliphatic heterocycles. The van der Waals surface area contributed by atoms with E-state index in [9.17, 15) is 8.42 Å². The summed E-state index contributed by atoms with van der Waals surface area (Å²) in [5, 5.41) is 4.86. The molecule has 0 aromatic rings. The van der Waals surface area contributed by atoms with Crippen molar-refractivity contribution in [2.75, 3.05) is 6.61 Å². The minimum Gasteiger partial charge on any atom is -0.258 e. The summed E-state index contributed by atoms with van der Waals surface area (Å²) in [4.78, 5) is 0. The van der Waals surface area contributed by atoms with Crippen LogP contribution in [0.15, 0.2) is 0 Å². The van der Waals surface area contributed by atoms with Crippen molar-refractivity contribution in [1.82, 2.24) is 0 Å². The zero-order chi connectivity index (χ0) is 12.1. The first-order valence-electron chi connectivity index (χ1n) is 6.61. The van der Waals surface area contributed by atoms with Crippen LogP contribution >= 0.6 is 0 Å². The summed E-state index contributed by atoms with van der Waals surface area (Å²) in [6.45, 7) is 0.269. The molecular weight excluding hydrogens is 238 g/mol. The van der Waals surface area contributed by atoms with E-state index >= 15 is 0 Å². The Labute approximate surface area is 103 Å². The summed E-state index contributed by atoms with van der Waals surface area (Å²) in [7, 11) is -3.76. The van der Waals surface area contributed by atoms with Gasteiger partial charge in [-0.1, -0.05) is 0 Å². The molecule has 0 amide bonds. The summed E-state index contributed by atoms with van der Waals surface area (Å²) in [6, 6.07) is 0. The van der Waals surface area contributed by atoms with E-state index in [0.29, 0.717) is 5.41 Å². The van der Waals surface area contributed by atoms with Crippen molar-refractivity contribution in [1.29, 1.82) is 0 Å². The molecule has 4 saturated carbocycles. The molecule has 4 fully saturated rings. The molecule has 0 saturated heterocycles. The van der Waals surface area contributed by atoms with Gasteiger partial charge in [-0.15, -0.1) is 0 Å². The molecule has 0 unspecified atom stereocenters. The van der Waals surface area contributed by atoms with Gasteiger partial charge < -0.3 is 0 Å². The van der Waals surface area contributed by atoms with Crippen LogP contribution in [0, 0.1) is 23.2 Å². The Hall–Kier alpha value is -0.130. The molecule has 0 aromatic carbocycles. The van der Waals surface area contributed by atoms with E-state index in [1.165, 1.54) is 38.5 Å². The van der Waals surface area contributed by atoms with E-state index < -0.39 is 10.3 Å². The number of hydrogen-bond donors (Lipinski definition) is 1. The first-order valence-corrected chi connectivity index (χ1v) is 8.08. The summed E-state index contributed by atoms with van der Waals surface area (Å²) in [5.41, 5.74) is 0.374. The molecule has 0 aromatic heterocycles. The quantitative estimate of drug-likeness (QED) is 0.837. The SMILES string of the molecule is NS(=O)(=O)OCCC12CC3CC(CC(C3)C1)C2. The highest BCUT2D eigenvalue weighted by molar-refractivity contribution is 7.84. The van der Waals surface area contributed by atoms with Crippen LogP contribution in [0.3, 0.4) is 0 Å². The molecule has 4 rings (SSSR count). The molecular formula is C12H21NO3S. The van der Waals surface area contributed by atoms with E-state index in [4.69, 9.17) is 9.32 Å². The van der Waals surface area contributed by atoms with Crippen molar-refractivity contribution in [3.63, 3.8) is 0 Å². The molecule has 0 heterocycles. The molecule has 98 valence electrons. The standard InChI is InChI=1S/C12H21NO3S/c13-17(14,15)16-2-1-12-6-9-3-10(7-12)5-11(4-9)8-12/h9-11H,1-8H2,(H2,13,14,15). The second-order valence-electron chi connectivity index (χ2n) is 6.48. The van der Waals surface area contributed by atoms with Crippen molar-refractivity contribution in [3.8, 4) is 0 Å². The van der Waals surface area contributed by atoms with Gasteiger partial charge in [0.15, 0.2) is 0 Å². The van der Waals surface area contributed by atoms with Crippen LogP contribution in [0.2, 0.25) is 0 Å². The van der Waals surface area contributed by atoms with E-state index in [1.807, 2.05) is 0 Å². The van der Waals surface area contributed by atoms with Gasteiger partial charge in [0, 0.05) is 0 Å². The molecule has 4 bridgehead atoms. The number of nitrogens with two attached hydrogens (primary N) is 1. The summed E-state index contributed by atoms with van der Waals surface area (Å²) < 4.78 is 26.3. The highest BCUT2D eigenvalue weighted by atomic mass is 32.2. The third kappa shape index (κ3) is 2.51. The van der Waals surface area contributed by atoms with Gasteiger partial charge in [-0.25, -0.2) is 5.14 Å². The second-order valence-corrected chi connectivity index (χ2v) is 7.70. The van der Waals surface area contributed by atoms with Gasteiger partial charge in [0.05, 0.1) is 6.61 Å².